The average Bonchev–Trinajstić information content (AvgIpc) is 2.28. The first-order valence-electron chi connectivity index (χ1n) is 4.90. The van der Waals surface area contributed by atoms with Crippen molar-refractivity contribution in [1.82, 2.24) is 9.97 Å². The van der Waals surface area contributed by atoms with Crippen molar-refractivity contribution in [3.8, 4) is 0 Å². The molecule has 17 heavy (non-hydrogen) atoms. The number of aliphatic carboxylic acids is 1. The van der Waals surface area contributed by atoms with Gasteiger partial charge in [-0.25, -0.2) is 4.98 Å². The number of carbonyl (C=O) groups is 2. The molecule has 6 nitrogen and oxygen atoms in total. The van der Waals surface area contributed by atoms with E-state index in [1.807, 2.05) is 0 Å². The van der Waals surface area contributed by atoms with Crippen molar-refractivity contribution in [2.75, 3.05) is 6.61 Å². The van der Waals surface area contributed by atoms with E-state index in [1.165, 1.54) is 12.4 Å². The van der Waals surface area contributed by atoms with Crippen LogP contribution in [0.1, 0.15) is 12.6 Å². The van der Waals surface area contributed by atoms with E-state index in [9.17, 15) is 9.59 Å². The second-order valence-corrected chi connectivity index (χ2v) is 3.56. The average molecular weight is 259 g/mol. The largest absolute Gasteiger partial charge is 0.481 e. The minimum atomic E-state index is -1.27. The van der Waals surface area contributed by atoms with Crippen LogP contribution in [-0.4, -0.2) is 33.6 Å². The number of halogens is 1. The van der Waals surface area contributed by atoms with E-state index in [-0.39, 0.29) is 18.2 Å². The summed E-state index contributed by atoms with van der Waals surface area (Å²) in [6.07, 6.45) is 2.55. The number of carboxylic acids is 1. The molecule has 0 amide bonds. The molecule has 0 aromatic carbocycles. The Hall–Kier alpha value is -1.69. The monoisotopic (exact) mass is 258 g/mol. The Morgan fingerprint density at radius 2 is 2.18 bits per heavy atom. The van der Waals surface area contributed by atoms with Gasteiger partial charge in [-0.05, 0) is 6.92 Å². The molecule has 1 aromatic heterocycles. The van der Waals surface area contributed by atoms with E-state index < -0.39 is 17.9 Å². The van der Waals surface area contributed by atoms with Crippen LogP contribution in [0, 0.1) is 5.92 Å². The zero-order valence-electron chi connectivity index (χ0n) is 9.09. The van der Waals surface area contributed by atoms with Crippen molar-refractivity contribution in [3.05, 3.63) is 23.2 Å². The summed E-state index contributed by atoms with van der Waals surface area (Å²) in [4.78, 5) is 29.9. The molecule has 0 saturated carbocycles. The van der Waals surface area contributed by atoms with Gasteiger partial charge in [-0.2, -0.15) is 0 Å². The van der Waals surface area contributed by atoms with Gasteiger partial charge in [-0.1, -0.05) is 11.6 Å². The molecule has 1 atom stereocenters. The summed E-state index contributed by atoms with van der Waals surface area (Å²) >= 11 is 5.54. The Labute approximate surface area is 103 Å². The molecule has 0 saturated heterocycles. The number of carbonyl (C=O) groups excluding carboxylic acids is 1. The van der Waals surface area contributed by atoms with Gasteiger partial charge in [-0.15, -0.1) is 0 Å². The van der Waals surface area contributed by atoms with Crippen LogP contribution in [0.3, 0.4) is 0 Å². The van der Waals surface area contributed by atoms with Crippen molar-refractivity contribution >= 4 is 23.5 Å². The number of carboxylic acid groups (broad SMARTS) is 1. The first-order valence-corrected chi connectivity index (χ1v) is 5.28. The Bertz CT molecular complexity index is 407. The minimum Gasteiger partial charge on any atom is -0.481 e. The fraction of sp³-hybridized carbons (Fsp3) is 0.400. The molecule has 0 fully saturated rings. The highest BCUT2D eigenvalue weighted by atomic mass is 35.5. The van der Waals surface area contributed by atoms with Crippen LogP contribution < -0.4 is 0 Å². The van der Waals surface area contributed by atoms with Crippen LogP contribution in [0.5, 0.6) is 0 Å². The maximum absolute atomic E-state index is 11.4. The summed E-state index contributed by atoms with van der Waals surface area (Å²) in [5, 5.41) is 9.12. The molecule has 1 unspecified atom stereocenters. The number of esters is 1. The van der Waals surface area contributed by atoms with Crippen molar-refractivity contribution in [1.29, 1.82) is 0 Å². The Morgan fingerprint density at radius 3 is 2.65 bits per heavy atom. The van der Waals surface area contributed by atoms with Gasteiger partial charge in [0.1, 0.15) is 5.15 Å². The van der Waals surface area contributed by atoms with Crippen molar-refractivity contribution in [2.24, 2.45) is 5.92 Å². The maximum atomic E-state index is 11.4. The quantitative estimate of drug-likeness (QED) is 0.624. The molecule has 92 valence electrons. The molecule has 0 spiro atoms. The highest BCUT2D eigenvalue weighted by Crippen LogP contribution is 2.10. The van der Waals surface area contributed by atoms with Crippen LogP contribution in [0.4, 0.5) is 0 Å². The lowest BCUT2D eigenvalue weighted by Gasteiger charge is -2.10. The standard InChI is InChI=1S/C10H11ClN2O4/c1-2-17-10(16)7(9(14)15)3-6-4-13-8(11)5-12-6/h4-5,7H,2-3H2,1H3,(H,14,15). The van der Waals surface area contributed by atoms with Crippen LogP contribution in [0.2, 0.25) is 5.15 Å². The highest BCUT2D eigenvalue weighted by Gasteiger charge is 2.28. The van der Waals surface area contributed by atoms with E-state index >= 15 is 0 Å². The molecule has 1 N–H and O–H groups in total. The summed E-state index contributed by atoms with van der Waals surface area (Å²) in [6, 6.07) is 0. The van der Waals surface area contributed by atoms with Gasteiger partial charge in [0.25, 0.3) is 0 Å². The highest BCUT2D eigenvalue weighted by molar-refractivity contribution is 6.29. The molecule has 1 rings (SSSR count). The zero-order valence-corrected chi connectivity index (χ0v) is 9.85. The summed E-state index contributed by atoms with van der Waals surface area (Å²) in [5.41, 5.74) is 0.370. The summed E-state index contributed by atoms with van der Waals surface area (Å²) in [7, 11) is 0. The predicted molar refractivity (Wildman–Crippen MR) is 58.5 cm³/mol. The molecule has 0 bridgehead atoms. The lowest BCUT2D eigenvalue weighted by molar-refractivity contribution is -0.158. The van der Waals surface area contributed by atoms with Gasteiger partial charge in [0.2, 0.25) is 0 Å². The number of aromatic nitrogens is 2. The first-order chi connectivity index (χ1) is 8.04. The number of hydrogen-bond acceptors (Lipinski definition) is 5. The molecule has 0 aliphatic heterocycles. The normalized spacial score (nSPS) is 11.9. The third kappa shape index (κ3) is 3.99. The third-order valence-electron chi connectivity index (χ3n) is 1.96. The van der Waals surface area contributed by atoms with Crippen LogP contribution in [0.15, 0.2) is 12.4 Å². The molecule has 0 aliphatic carbocycles. The SMILES string of the molecule is CCOC(=O)C(Cc1cnc(Cl)cn1)C(=O)O. The molecular formula is C10H11ClN2O4. The molecule has 1 aromatic rings. The molecular weight excluding hydrogens is 248 g/mol. The van der Waals surface area contributed by atoms with Crippen LogP contribution in [0.25, 0.3) is 0 Å². The van der Waals surface area contributed by atoms with E-state index in [4.69, 9.17) is 16.7 Å². The van der Waals surface area contributed by atoms with Crippen LogP contribution >= 0.6 is 11.6 Å². The summed E-state index contributed by atoms with van der Waals surface area (Å²) in [5.74, 6) is -3.30. The van der Waals surface area contributed by atoms with Crippen molar-refractivity contribution in [2.45, 2.75) is 13.3 Å². The number of rotatable bonds is 5. The molecule has 1 heterocycles. The summed E-state index contributed by atoms with van der Waals surface area (Å²) < 4.78 is 4.67. The van der Waals surface area contributed by atoms with Crippen molar-refractivity contribution < 1.29 is 19.4 Å². The Balaban J connectivity index is 2.76. The van der Waals surface area contributed by atoms with Gasteiger partial charge in [0, 0.05) is 6.42 Å². The lowest BCUT2D eigenvalue weighted by atomic mass is 10.0. The summed E-state index contributed by atoms with van der Waals surface area (Å²) in [6.45, 7) is 1.74. The van der Waals surface area contributed by atoms with E-state index in [0.29, 0.717) is 5.69 Å². The van der Waals surface area contributed by atoms with E-state index in [0.717, 1.165) is 0 Å². The topological polar surface area (TPSA) is 89.4 Å². The van der Waals surface area contributed by atoms with E-state index in [2.05, 4.69) is 14.7 Å². The second-order valence-electron chi connectivity index (χ2n) is 3.18. The fourth-order valence-electron chi connectivity index (χ4n) is 1.17. The zero-order chi connectivity index (χ0) is 12.8. The van der Waals surface area contributed by atoms with Gasteiger partial charge in [0.05, 0.1) is 24.7 Å². The van der Waals surface area contributed by atoms with Gasteiger partial charge >= 0.3 is 11.9 Å². The third-order valence-corrected chi connectivity index (χ3v) is 2.15. The molecule has 7 heteroatoms. The fourth-order valence-corrected chi connectivity index (χ4v) is 1.27. The second kappa shape index (κ2) is 6.15. The van der Waals surface area contributed by atoms with Gasteiger partial charge in [-0.3, -0.25) is 14.6 Å². The van der Waals surface area contributed by atoms with Gasteiger partial charge in [0.15, 0.2) is 5.92 Å². The number of nitrogens with zero attached hydrogens (tertiary/aromatic N) is 2. The lowest BCUT2D eigenvalue weighted by Crippen LogP contribution is -2.28. The number of ether oxygens (including phenoxy) is 1. The Morgan fingerprint density at radius 1 is 1.47 bits per heavy atom. The smallest absolute Gasteiger partial charge is 0.320 e. The minimum absolute atomic E-state index is 0.0711. The Kier molecular flexibility index (Phi) is 4.84. The first kappa shape index (κ1) is 13.4. The van der Waals surface area contributed by atoms with Crippen molar-refractivity contribution in [3.63, 3.8) is 0 Å². The molecule has 0 aliphatic rings. The predicted octanol–water partition coefficient (Wildman–Crippen LogP) is 0.936. The van der Waals surface area contributed by atoms with Gasteiger partial charge < -0.3 is 9.84 Å². The molecule has 0 radical (unpaired) electrons. The van der Waals surface area contributed by atoms with E-state index in [1.54, 1.807) is 6.92 Å². The van der Waals surface area contributed by atoms with Crippen LogP contribution in [-0.2, 0) is 20.7 Å². The number of hydrogen-bond donors (Lipinski definition) is 1. The maximum Gasteiger partial charge on any atom is 0.320 e.